The lowest BCUT2D eigenvalue weighted by molar-refractivity contribution is -0.122. The normalized spacial score (nSPS) is 22.6. The van der Waals surface area contributed by atoms with Gasteiger partial charge in [0.2, 0.25) is 5.91 Å². The number of carbonyl (C=O) groups excluding carboxylic acids is 1. The van der Waals surface area contributed by atoms with Crippen molar-refractivity contribution in [2.24, 2.45) is 5.92 Å². The Morgan fingerprint density at radius 1 is 1.19 bits per heavy atom. The Labute approximate surface area is 127 Å². The average molecular weight is 286 g/mol. The maximum Gasteiger partial charge on any atom is 0.220 e. The third kappa shape index (κ3) is 3.85. The Hall–Kier alpha value is -1.35. The van der Waals surface area contributed by atoms with E-state index >= 15 is 0 Å². The Morgan fingerprint density at radius 3 is 2.86 bits per heavy atom. The number of fused-ring (bicyclic) bond motifs is 1. The van der Waals surface area contributed by atoms with E-state index in [1.807, 2.05) is 0 Å². The van der Waals surface area contributed by atoms with Crippen LogP contribution in [0.3, 0.4) is 0 Å². The molecule has 0 saturated heterocycles. The van der Waals surface area contributed by atoms with Crippen molar-refractivity contribution >= 4 is 5.91 Å². The van der Waals surface area contributed by atoms with Gasteiger partial charge < -0.3 is 10.6 Å². The van der Waals surface area contributed by atoms with E-state index in [1.54, 1.807) is 0 Å². The predicted molar refractivity (Wildman–Crippen MR) is 85.1 cm³/mol. The van der Waals surface area contributed by atoms with Crippen LogP contribution in [-0.2, 0) is 11.2 Å². The fourth-order valence-electron chi connectivity index (χ4n) is 3.72. The van der Waals surface area contributed by atoms with Crippen molar-refractivity contribution in [2.75, 3.05) is 13.1 Å². The summed E-state index contributed by atoms with van der Waals surface area (Å²) in [5, 5.41) is 6.66. The molecule has 0 spiro atoms. The van der Waals surface area contributed by atoms with E-state index in [2.05, 4.69) is 34.9 Å². The summed E-state index contributed by atoms with van der Waals surface area (Å²) in [6, 6.07) is 8.84. The van der Waals surface area contributed by atoms with Gasteiger partial charge in [0.05, 0.1) is 0 Å². The van der Waals surface area contributed by atoms with Crippen LogP contribution in [-0.4, -0.2) is 19.0 Å². The van der Waals surface area contributed by atoms with Gasteiger partial charge in [-0.1, -0.05) is 43.5 Å². The number of hydrogen-bond acceptors (Lipinski definition) is 2. The standard InChI is InChI=1S/C18H26N2O/c21-18(12-14-6-2-1-3-7-14)20-13-17-16-9-5-4-8-15(16)10-11-19-17/h4-5,8-9,14,17,19H,1-3,6-7,10-13H2,(H,20,21). The molecule has 3 heteroatoms. The molecule has 21 heavy (non-hydrogen) atoms. The second-order valence-corrected chi connectivity index (χ2v) is 6.47. The summed E-state index contributed by atoms with van der Waals surface area (Å²) < 4.78 is 0. The van der Waals surface area contributed by atoms with Crippen LogP contribution < -0.4 is 10.6 Å². The van der Waals surface area contributed by atoms with Crippen molar-refractivity contribution in [3.63, 3.8) is 0 Å². The van der Waals surface area contributed by atoms with E-state index in [4.69, 9.17) is 0 Å². The molecule has 114 valence electrons. The molecule has 1 unspecified atom stereocenters. The number of nitrogens with one attached hydrogen (secondary N) is 2. The minimum Gasteiger partial charge on any atom is -0.354 e. The highest BCUT2D eigenvalue weighted by Crippen LogP contribution is 2.26. The molecule has 3 rings (SSSR count). The lowest BCUT2D eigenvalue weighted by Gasteiger charge is -2.27. The van der Waals surface area contributed by atoms with Crippen LogP contribution in [0.5, 0.6) is 0 Å². The third-order valence-electron chi connectivity index (χ3n) is 4.92. The molecular formula is C18H26N2O. The van der Waals surface area contributed by atoms with Crippen LogP contribution in [0, 0.1) is 5.92 Å². The second-order valence-electron chi connectivity index (χ2n) is 6.47. The lowest BCUT2D eigenvalue weighted by atomic mass is 9.87. The first-order chi connectivity index (χ1) is 10.3. The number of rotatable bonds is 4. The number of hydrogen-bond donors (Lipinski definition) is 2. The second kappa shape index (κ2) is 7.08. The molecular weight excluding hydrogens is 260 g/mol. The molecule has 1 aromatic rings. The Balaban J connectivity index is 1.50. The maximum atomic E-state index is 12.1. The van der Waals surface area contributed by atoms with E-state index in [9.17, 15) is 4.79 Å². The van der Waals surface area contributed by atoms with Gasteiger partial charge in [-0.3, -0.25) is 4.79 Å². The summed E-state index contributed by atoms with van der Waals surface area (Å²) in [7, 11) is 0. The monoisotopic (exact) mass is 286 g/mol. The van der Waals surface area contributed by atoms with Crippen LogP contribution in [0.1, 0.15) is 55.7 Å². The van der Waals surface area contributed by atoms with Crippen LogP contribution in [0.4, 0.5) is 0 Å². The minimum atomic E-state index is 0.228. The van der Waals surface area contributed by atoms with Crippen LogP contribution >= 0.6 is 0 Å². The van der Waals surface area contributed by atoms with Crippen LogP contribution in [0.15, 0.2) is 24.3 Å². The summed E-state index contributed by atoms with van der Waals surface area (Å²) >= 11 is 0. The van der Waals surface area contributed by atoms with E-state index in [1.165, 1.54) is 43.2 Å². The smallest absolute Gasteiger partial charge is 0.220 e. The Morgan fingerprint density at radius 2 is 2.00 bits per heavy atom. The summed E-state index contributed by atoms with van der Waals surface area (Å²) in [6.07, 6.45) is 8.22. The molecule has 1 amide bonds. The fraction of sp³-hybridized carbons (Fsp3) is 0.611. The summed E-state index contributed by atoms with van der Waals surface area (Å²) in [5.74, 6) is 0.845. The molecule has 2 N–H and O–H groups in total. The Kier molecular flexibility index (Phi) is 4.91. The van der Waals surface area contributed by atoms with Gasteiger partial charge in [-0.2, -0.15) is 0 Å². The highest BCUT2D eigenvalue weighted by molar-refractivity contribution is 5.76. The molecule has 1 heterocycles. The van der Waals surface area contributed by atoms with Crippen molar-refractivity contribution in [2.45, 2.75) is 51.0 Å². The highest BCUT2D eigenvalue weighted by atomic mass is 16.1. The topological polar surface area (TPSA) is 41.1 Å². The molecule has 2 aliphatic rings. The molecule has 1 fully saturated rings. The van der Waals surface area contributed by atoms with Crippen molar-refractivity contribution in [1.29, 1.82) is 0 Å². The van der Waals surface area contributed by atoms with Crippen LogP contribution in [0.2, 0.25) is 0 Å². The molecule has 1 atom stereocenters. The average Bonchev–Trinajstić information content (AvgIpc) is 2.54. The van der Waals surface area contributed by atoms with Gasteiger partial charge in [0.25, 0.3) is 0 Å². The van der Waals surface area contributed by atoms with Gasteiger partial charge >= 0.3 is 0 Å². The zero-order valence-corrected chi connectivity index (χ0v) is 12.7. The molecule has 0 bridgehead atoms. The van der Waals surface area contributed by atoms with E-state index in [-0.39, 0.29) is 11.9 Å². The maximum absolute atomic E-state index is 12.1. The molecule has 0 radical (unpaired) electrons. The number of carbonyl (C=O) groups is 1. The van der Waals surface area contributed by atoms with Crippen molar-refractivity contribution in [1.82, 2.24) is 10.6 Å². The fourth-order valence-corrected chi connectivity index (χ4v) is 3.72. The third-order valence-corrected chi connectivity index (χ3v) is 4.92. The van der Waals surface area contributed by atoms with Crippen molar-refractivity contribution in [3.05, 3.63) is 35.4 Å². The van der Waals surface area contributed by atoms with Crippen molar-refractivity contribution in [3.8, 4) is 0 Å². The molecule has 1 saturated carbocycles. The van der Waals surface area contributed by atoms with Crippen molar-refractivity contribution < 1.29 is 4.79 Å². The van der Waals surface area contributed by atoms with Gasteiger partial charge in [-0.05, 0) is 42.9 Å². The van der Waals surface area contributed by atoms with E-state index in [0.717, 1.165) is 13.0 Å². The lowest BCUT2D eigenvalue weighted by Crippen LogP contribution is -2.39. The Bertz CT molecular complexity index is 480. The largest absolute Gasteiger partial charge is 0.354 e. The first-order valence-corrected chi connectivity index (χ1v) is 8.41. The van der Waals surface area contributed by atoms with E-state index < -0.39 is 0 Å². The molecule has 1 aliphatic heterocycles. The summed E-state index contributed by atoms with van der Waals surface area (Å²) in [4.78, 5) is 12.1. The van der Waals surface area contributed by atoms with Crippen LogP contribution in [0.25, 0.3) is 0 Å². The van der Waals surface area contributed by atoms with Gasteiger partial charge in [-0.15, -0.1) is 0 Å². The molecule has 3 nitrogen and oxygen atoms in total. The zero-order valence-electron chi connectivity index (χ0n) is 12.7. The van der Waals surface area contributed by atoms with Gasteiger partial charge in [-0.25, -0.2) is 0 Å². The minimum absolute atomic E-state index is 0.228. The van der Waals surface area contributed by atoms with Gasteiger partial charge in [0.1, 0.15) is 0 Å². The zero-order chi connectivity index (χ0) is 14.5. The van der Waals surface area contributed by atoms with Gasteiger partial charge in [0, 0.05) is 19.0 Å². The SMILES string of the molecule is O=C(CC1CCCCC1)NCC1NCCc2ccccc21. The first kappa shape index (κ1) is 14.6. The number of benzene rings is 1. The summed E-state index contributed by atoms with van der Waals surface area (Å²) in [5.41, 5.74) is 2.77. The quantitative estimate of drug-likeness (QED) is 0.893. The molecule has 1 aromatic carbocycles. The molecule has 1 aliphatic carbocycles. The highest BCUT2D eigenvalue weighted by Gasteiger charge is 2.21. The van der Waals surface area contributed by atoms with Gasteiger partial charge in [0.15, 0.2) is 0 Å². The molecule has 0 aromatic heterocycles. The number of amides is 1. The van der Waals surface area contributed by atoms with E-state index in [0.29, 0.717) is 18.9 Å². The first-order valence-electron chi connectivity index (χ1n) is 8.41. The summed E-state index contributed by atoms with van der Waals surface area (Å²) in [6.45, 7) is 1.71. The predicted octanol–water partition coefficient (Wildman–Crippen LogP) is 2.96.